The summed E-state index contributed by atoms with van der Waals surface area (Å²) in [6.07, 6.45) is 3.79. The molecule has 3 rings (SSSR count). The number of hydrogen-bond acceptors (Lipinski definition) is 4. The highest BCUT2D eigenvalue weighted by molar-refractivity contribution is 5.94. The van der Waals surface area contributed by atoms with E-state index in [9.17, 15) is 9.59 Å². The third kappa shape index (κ3) is 3.31. The quantitative estimate of drug-likeness (QED) is 0.922. The van der Waals surface area contributed by atoms with E-state index in [0.717, 1.165) is 12.8 Å². The molecule has 0 bridgehead atoms. The molecular weight excluding hydrogens is 282 g/mol. The molecule has 2 aliphatic rings. The zero-order chi connectivity index (χ0) is 15.9. The van der Waals surface area contributed by atoms with Crippen molar-refractivity contribution in [3.05, 3.63) is 17.8 Å². The Morgan fingerprint density at radius 2 is 2.18 bits per heavy atom. The molecule has 1 aromatic heterocycles. The van der Waals surface area contributed by atoms with Gasteiger partial charge in [0.2, 0.25) is 5.91 Å². The Kier molecular flexibility index (Phi) is 3.70. The van der Waals surface area contributed by atoms with Crippen LogP contribution in [-0.4, -0.2) is 40.8 Å². The maximum Gasteiger partial charge on any atom is 0.273 e. The summed E-state index contributed by atoms with van der Waals surface area (Å²) in [5.74, 6) is 0.896. The molecule has 2 heterocycles. The van der Waals surface area contributed by atoms with Crippen molar-refractivity contribution in [2.24, 2.45) is 5.41 Å². The Morgan fingerprint density at radius 3 is 2.82 bits per heavy atom. The molecule has 1 unspecified atom stereocenters. The monoisotopic (exact) mass is 305 g/mol. The fraction of sp³-hybridized carbons (Fsp3) is 0.688. The second-order valence-corrected chi connectivity index (χ2v) is 7.55. The maximum absolute atomic E-state index is 12.3. The van der Waals surface area contributed by atoms with Crippen molar-refractivity contribution in [3.8, 4) is 0 Å². The second kappa shape index (κ2) is 5.41. The van der Waals surface area contributed by atoms with Crippen LogP contribution >= 0.6 is 0 Å². The Hall–Kier alpha value is -1.85. The van der Waals surface area contributed by atoms with Crippen LogP contribution in [-0.2, 0) is 4.79 Å². The van der Waals surface area contributed by atoms with Crippen LogP contribution in [0.25, 0.3) is 0 Å². The molecule has 1 saturated carbocycles. The molecule has 0 aromatic carbocycles. The van der Waals surface area contributed by atoms with Crippen molar-refractivity contribution in [3.63, 3.8) is 0 Å². The molecule has 2 fully saturated rings. The number of nitrogens with zero attached hydrogens (tertiary/aromatic N) is 2. The smallest absolute Gasteiger partial charge is 0.273 e. The highest BCUT2D eigenvalue weighted by atomic mass is 16.3. The van der Waals surface area contributed by atoms with Gasteiger partial charge in [-0.15, -0.1) is 0 Å². The Bertz CT molecular complexity index is 584. The van der Waals surface area contributed by atoms with E-state index >= 15 is 0 Å². The average molecular weight is 305 g/mol. The fourth-order valence-electron chi connectivity index (χ4n) is 2.91. The number of carbonyl (C=O) groups excluding carboxylic acids is 2. The number of carbonyl (C=O) groups is 2. The number of rotatable bonds is 4. The first-order valence-corrected chi connectivity index (χ1v) is 7.85. The molecule has 22 heavy (non-hydrogen) atoms. The van der Waals surface area contributed by atoms with Crippen LogP contribution in [0.15, 0.2) is 10.8 Å². The van der Waals surface area contributed by atoms with E-state index in [4.69, 9.17) is 4.42 Å². The zero-order valence-corrected chi connectivity index (χ0v) is 13.4. The topological polar surface area (TPSA) is 75.4 Å². The number of amides is 2. The third-order valence-corrected chi connectivity index (χ3v) is 3.97. The van der Waals surface area contributed by atoms with Crippen LogP contribution in [0.2, 0.25) is 0 Å². The first-order chi connectivity index (χ1) is 10.3. The molecule has 1 aliphatic heterocycles. The lowest BCUT2D eigenvalue weighted by Gasteiger charge is -2.26. The second-order valence-electron chi connectivity index (χ2n) is 7.55. The van der Waals surface area contributed by atoms with Crippen molar-refractivity contribution >= 4 is 11.8 Å². The van der Waals surface area contributed by atoms with Gasteiger partial charge < -0.3 is 14.6 Å². The molecule has 1 saturated heterocycles. The summed E-state index contributed by atoms with van der Waals surface area (Å²) in [6, 6.07) is -0.147. The van der Waals surface area contributed by atoms with Gasteiger partial charge in [0.05, 0.1) is 6.04 Å². The van der Waals surface area contributed by atoms with Gasteiger partial charge in [-0.3, -0.25) is 9.59 Å². The molecule has 0 radical (unpaired) electrons. The molecule has 120 valence electrons. The average Bonchev–Trinajstić information content (AvgIpc) is 3.03. The Labute approximate surface area is 130 Å². The maximum atomic E-state index is 12.3. The van der Waals surface area contributed by atoms with Crippen LogP contribution in [0.4, 0.5) is 0 Å². The number of oxazole rings is 1. The standard InChI is InChI=1S/C16H23N3O3/c1-16(2,3)8-19-7-11(6-12(19)20)18-15(21)13-14(10-4-5-10)22-9-17-13/h9-11H,4-8H2,1-3H3,(H,18,21). The molecule has 1 aliphatic carbocycles. The lowest BCUT2D eigenvalue weighted by Crippen LogP contribution is -2.39. The van der Waals surface area contributed by atoms with Crippen molar-refractivity contribution in [1.29, 1.82) is 0 Å². The minimum atomic E-state index is -0.231. The minimum absolute atomic E-state index is 0.0554. The summed E-state index contributed by atoms with van der Waals surface area (Å²) in [6.45, 7) is 7.57. The lowest BCUT2D eigenvalue weighted by molar-refractivity contribution is -0.128. The number of nitrogens with one attached hydrogen (secondary N) is 1. The molecular formula is C16H23N3O3. The summed E-state index contributed by atoms with van der Waals surface area (Å²) >= 11 is 0. The summed E-state index contributed by atoms with van der Waals surface area (Å²) in [7, 11) is 0. The summed E-state index contributed by atoms with van der Waals surface area (Å²) < 4.78 is 5.33. The third-order valence-electron chi connectivity index (χ3n) is 3.97. The van der Waals surface area contributed by atoms with E-state index in [1.54, 1.807) is 0 Å². The van der Waals surface area contributed by atoms with E-state index in [0.29, 0.717) is 36.9 Å². The number of aromatic nitrogens is 1. The summed E-state index contributed by atoms with van der Waals surface area (Å²) in [5.41, 5.74) is 0.434. The van der Waals surface area contributed by atoms with Gasteiger partial charge in [0, 0.05) is 25.4 Å². The first-order valence-electron chi connectivity index (χ1n) is 7.85. The number of hydrogen-bond donors (Lipinski definition) is 1. The van der Waals surface area contributed by atoms with E-state index < -0.39 is 0 Å². The highest BCUT2D eigenvalue weighted by Crippen LogP contribution is 2.41. The largest absolute Gasteiger partial charge is 0.447 e. The number of likely N-dealkylation sites (tertiary alicyclic amines) is 1. The van der Waals surface area contributed by atoms with Crippen LogP contribution in [0, 0.1) is 5.41 Å². The summed E-state index contributed by atoms with van der Waals surface area (Å²) in [5, 5.41) is 2.93. The van der Waals surface area contributed by atoms with Gasteiger partial charge in [-0.25, -0.2) is 4.98 Å². The fourth-order valence-corrected chi connectivity index (χ4v) is 2.91. The molecule has 1 N–H and O–H groups in total. The minimum Gasteiger partial charge on any atom is -0.447 e. The molecule has 6 heteroatoms. The van der Waals surface area contributed by atoms with E-state index in [1.165, 1.54) is 6.39 Å². The highest BCUT2D eigenvalue weighted by Gasteiger charge is 2.36. The molecule has 1 aromatic rings. The van der Waals surface area contributed by atoms with Crippen LogP contribution in [0.1, 0.15) is 62.2 Å². The van der Waals surface area contributed by atoms with Crippen molar-refractivity contribution in [1.82, 2.24) is 15.2 Å². The van der Waals surface area contributed by atoms with E-state index in [2.05, 4.69) is 31.1 Å². The zero-order valence-electron chi connectivity index (χ0n) is 13.4. The van der Waals surface area contributed by atoms with Gasteiger partial charge in [-0.2, -0.15) is 0 Å². The van der Waals surface area contributed by atoms with Crippen LogP contribution in [0.5, 0.6) is 0 Å². The van der Waals surface area contributed by atoms with Crippen LogP contribution < -0.4 is 5.32 Å². The molecule has 1 atom stereocenters. The summed E-state index contributed by atoms with van der Waals surface area (Å²) in [4.78, 5) is 30.3. The molecule has 6 nitrogen and oxygen atoms in total. The van der Waals surface area contributed by atoms with Crippen molar-refractivity contribution in [2.75, 3.05) is 13.1 Å². The van der Waals surface area contributed by atoms with Gasteiger partial charge in [0.1, 0.15) is 5.76 Å². The Morgan fingerprint density at radius 1 is 1.45 bits per heavy atom. The Balaban J connectivity index is 1.60. The van der Waals surface area contributed by atoms with Crippen molar-refractivity contribution < 1.29 is 14.0 Å². The van der Waals surface area contributed by atoms with Crippen molar-refractivity contribution in [2.45, 2.75) is 52.0 Å². The van der Waals surface area contributed by atoms with E-state index in [1.807, 2.05) is 4.90 Å². The lowest BCUT2D eigenvalue weighted by atomic mass is 9.96. The first kappa shape index (κ1) is 15.1. The van der Waals surface area contributed by atoms with Gasteiger partial charge >= 0.3 is 0 Å². The van der Waals surface area contributed by atoms with Gasteiger partial charge in [0.25, 0.3) is 5.91 Å². The van der Waals surface area contributed by atoms with Gasteiger partial charge in [0.15, 0.2) is 12.1 Å². The molecule has 2 amide bonds. The van der Waals surface area contributed by atoms with E-state index in [-0.39, 0.29) is 23.3 Å². The van der Waals surface area contributed by atoms with Crippen LogP contribution in [0.3, 0.4) is 0 Å². The predicted octanol–water partition coefficient (Wildman–Crippen LogP) is 1.93. The van der Waals surface area contributed by atoms with Gasteiger partial charge in [-0.05, 0) is 18.3 Å². The SMILES string of the molecule is CC(C)(C)CN1CC(NC(=O)c2ncoc2C2CC2)CC1=O. The molecule has 0 spiro atoms. The normalized spacial score (nSPS) is 22.2. The predicted molar refractivity (Wildman–Crippen MR) is 80.4 cm³/mol. The van der Waals surface area contributed by atoms with Gasteiger partial charge in [-0.1, -0.05) is 20.8 Å².